The van der Waals surface area contributed by atoms with Gasteiger partial charge in [0, 0.05) is 19.3 Å². The van der Waals surface area contributed by atoms with Gasteiger partial charge in [0.05, 0.1) is 0 Å². The van der Waals surface area contributed by atoms with Crippen molar-refractivity contribution in [3.05, 3.63) is 109 Å². The number of ether oxygens (including phenoxy) is 3. The van der Waals surface area contributed by atoms with Crippen LogP contribution in [-0.4, -0.2) is 37.2 Å². The summed E-state index contributed by atoms with van der Waals surface area (Å²) >= 11 is 0. The van der Waals surface area contributed by atoms with Crippen LogP contribution in [0.25, 0.3) is 0 Å². The Morgan fingerprint density at radius 3 is 0.819 bits per heavy atom. The molecule has 0 spiro atoms. The molecule has 1 unspecified atom stereocenters. The summed E-state index contributed by atoms with van der Waals surface area (Å²) in [4.78, 5) is 38.4. The Hall–Kier alpha value is -3.93. The maximum Gasteiger partial charge on any atom is 0.306 e. The Kier molecular flexibility index (Phi) is 67.2. The summed E-state index contributed by atoms with van der Waals surface area (Å²) < 4.78 is 16.9. The van der Waals surface area contributed by atoms with Crippen LogP contribution in [-0.2, 0) is 28.6 Å². The van der Waals surface area contributed by atoms with E-state index in [4.69, 9.17) is 14.2 Å². The maximum atomic E-state index is 12.9. The first-order valence-electron chi connectivity index (χ1n) is 35.4. The lowest BCUT2D eigenvalue weighted by molar-refractivity contribution is -0.166. The number of hydrogen-bond donors (Lipinski definition) is 0. The van der Waals surface area contributed by atoms with E-state index in [1.807, 2.05) is 6.08 Å². The Balaban J connectivity index is 4.36. The van der Waals surface area contributed by atoms with Gasteiger partial charge in [0.15, 0.2) is 6.10 Å². The number of carbonyl (C=O) groups is 3. The molecule has 0 heterocycles. The van der Waals surface area contributed by atoms with Crippen molar-refractivity contribution in [2.75, 3.05) is 13.2 Å². The fraction of sp³-hybridized carbons (Fsp3) is 0.727. The molecule has 476 valence electrons. The predicted molar refractivity (Wildman–Crippen MR) is 362 cm³/mol. The van der Waals surface area contributed by atoms with Crippen molar-refractivity contribution in [1.29, 1.82) is 0 Å². The first kappa shape index (κ1) is 79.1. The molecule has 0 amide bonds. The Labute approximate surface area is 514 Å². The van der Waals surface area contributed by atoms with E-state index in [1.54, 1.807) is 0 Å². The minimum atomic E-state index is -0.825. The molecule has 0 aliphatic rings. The van der Waals surface area contributed by atoms with E-state index in [0.29, 0.717) is 19.3 Å². The predicted octanol–water partition coefficient (Wildman–Crippen LogP) is 24.6. The summed E-state index contributed by atoms with van der Waals surface area (Å²) in [6, 6.07) is 0. The Morgan fingerprint density at radius 2 is 0.494 bits per heavy atom. The van der Waals surface area contributed by atoms with E-state index < -0.39 is 12.1 Å². The van der Waals surface area contributed by atoms with Gasteiger partial charge >= 0.3 is 17.9 Å². The van der Waals surface area contributed by atoms with Crippen LogP contribution in [0.15, 0.2) is 109 Å². The SMILES string of the molecule is CC/C=C\C/C=C\C/C=C\C/C=C\C/C=C\C/C=C\CCC(=O)OC(COC(=O)CCCCCCCCC/C=C\C/C=C\CCCCC)COC(=O)CCCCCCCCCCCCCCCCCCC/C=C\CCCCCCCCCC. The van der Waals surface area contributed by atoms with Gasteiger partial charge in [-0.25, -0.2) is 0 Å². The third-order valence-electron chi connectivity index (χ3n) is 15.2. The molecule has 0 aromatic heterocycles. The zero-order valence-electron chi connectivity index (χ0n) is 54.7. The molecule has 6 nitrogen and oxygen atoms in total. The lowest BCUT2D eigenvalue weighted by Gasteiger charge is -2.18. The van der Waals surface area contributed by atoms with Gasteiger partial charge in [-0.3, -0.25) is 14.4 Å². The van der Waals surface area contributed by atoms with Gasteiger partial charge in [0.2, 0.25) is 0 Å². The molecular formula is C77H132O6. The van der Waals surface area contributed by atoms with Crippen LogP contribution < -0.4 is 0 Å². The molecule has 0 aliphatic carbocycles. The van der Waals surface area contributed by atoms with Gasteiger partial charge in [-0.05, 0) is 116 Å². The van der Waals surface area contributed by atoms with Crippen molar-refractivity contribution in [2.45, 2.75) is 348 Å². The van der Waals surface area contributed by atoms with Crippen LogP contribution in [0, 0.1) is 0 Å². The molecule has 83 heavy (non-hydrogen) atoms. The highest BCUT2D eigenvalue weighted by molar-refractivity contribution is 5.71. The smallest absolute Gasteiger partial charge is 0.306 e. The van der Waals surface area contributed by atoms with E-state index in [-0.39, 0.29) is 31.6 Å². The number of allylic oxidation sites excluding steroid dienone is 18. The quantitative estimate of drug-likeness (QED) is 0.0261. The molecule has 0 N–H and O–H groups in total. The highest BCUT2D eigenvalue weighted by Crippen LogP contribution is 2.17. The topological polar surface area (TPSA) is 78.9 Å². The van der Waals surface area contributed by atoms with Crippen molar-refractivity contribution < 1.29 is 28.6 Å². The van der Waals surface area contributed by atoms with Crippen LogP contribution in [0.1, 0.15) is 342 Å². The number of unbranched alkanes of at least 4 members (excludes halogenated alkanes) is 35. The summed E-state index contributed by atoms with van der Waals surface area (Å²) in [6.45, 7) is 6.47. The monoisotopic (exact) mass is 1150 g/mol. The van der Waals surface area contributed by atoms with Crippen LogP contribution >= 0.6 is 0 Å². The lowest BCUT2D eigenvalue weighted by Crippen LogP contribution is -2.30. The number of carbonyl (C=O) groups excluding carboxylic acids is 3. The highest BCUT2D eigenvalue weighted by atomic mass is 16.6. The average molecular weight is 1150 g/mol. The molecular weight excluding hydrogens is 1020 g/mol. The molecule has 0 aromatic carbocycles. The normalized spacial score (nSPS) is 12.8. The summed E-state index contributed by atoms with van der Waals surface area (Å²) in [6.07, 6.45) is 97.1. The fourth-order valence-electron chi connectivity index (χ4n) is 9.97. The molecule has 0 saturated heterocycles. The second-order valence-corrected chi connectivity index (χ2v) is 23.4. The van der Waals surface area contributed by atoms with Gasteiger partial charge in [0.1, 0.15) is 13.2 Å². The molecule has 0 fully saturated rings. The molecule has 0 bridgehead atoms. The van der Waals surface area contributed by atoms with Crippen molar-refractivity contribution in [3.63, 3.8) is 0 Å². The zero-order valence-corrected chi connectivity index (χ0v) is 54.7. The molecule has 0 aliphatic heterocycles. The standard InChI is InChI=1S/C77H132O6/c1-4-7-10-13-16-19-22-25-28-31-33-34-35-36-37-38-39-40-41-42-44-46-49-52-55-58-61-64-67-70-76(79)82-73-74(72-81-75(78)69-66-63-60-57-54-51-48-45-30-27-24-21-18-15-12-9-6-3)83-77(80)71-68-65-62-59-56-53-50-47-43-32-29-26-23-20-17-14-11-8-5-2/h8,11,17-18,20-21,26-27,29-31,33,43,47,53,56,62,65,74H,4-7,9-10,12-16,19,22-25,28,32,34-42,44-46,48-52,54-55,57-61,63-64,66-73H2,1-3H3/b11-8-,20-17-,21-18-,29-26-,30-27-,33-31-,47-43-,56-53-,65-62-. The average Bonchev–Trinajstić information content (AvgIpc) is 3.49. The van der Waals surface area contributed by atoms with E-state index in [2.05, 4.69) is 124 Å². The Morgan fingerprint density at radius 1 is 0.253 bits per heavy atom. The third kappa shape index (κ3) is 68.7. The maximum absolute atomic E-state index is 12.9. The summed E-state index contributed by atoms with van der Waals surface area (Å²) in [7, 11) is 0. The molecule has 0 rings (SSSR count). The van der Waals surface area contributed by atoms with Crippen LogP contribution in [0.3, 0.4) is 0 Å². The van der Waals surface area contributed by atoms with Crippen molar-refractivity contribution in [1.82, 2.24) is 0 Å². The third-order valence-corrected chi connectivity index (χ3v) is 15.2. The van der Waals surface area contributed by atoms with Crippen molar-refractivity contribution in [2.24, 2.45) is 0 Å². The van der Waals surface area contributed by atoms with Gasteiger partial charge in [-0.1, -0.05) is 316 Å². The minimum absolute atomic E-state index is 0.110. The zero-order chi connectivity index (χ0) is 59.9. The molecule has 0 aromatic rings. The number of esters is 3. The first-order valence-corrected chi connectivity index (χ1v) is 35.4. The van der Waals surface area contributed by atoms with Crippen LogP contribution in [0.2, 0.25) is 0 Å². The van der Waals surface area contributed by atoms with Gasteiger partial charge in [-0.2, -0.15) is 0 Å². The van der Waals surface area contributed by atoms with E-state index >= 15 is 0 Å². The van der Waals surface area contributed by atoms with Crippen LogP contribution in [0.5, 0.6) is 0 Å². The van der Waals surface area contributed by atoms with Crippen LogP contribution in [0.4, 0.5) is 0 Å². The molecule has 0 saturated carbocycles. The van der Waals surface area contributed by atoms with E-state index in [9.17, 15) is 14.4 Å². The van der Waals surface area contributed by atoms with E-state index in [0.717, 1.165) is 89.9 Å². The fourth-order valence-corrected chi connectivity index (χ4v) is 9.97. The highest BCUT2D eigenvalue weighted by Gasteiger charge is 2.19. The largest absolute Gasteiger partial charge is 0.462 e. The molecule has 0 radical (unpaired) electrons. The lowest BCUT2D eigenvalue weighted by atomic mass is 10.0. The molecule has 1 atom stereocenters. The first-order chi connectivity index (χ1) is 41.0. The van der Waals surface area contributed by atoms with E-state index in [1.165, 1.54) is 205 Å². The van der Waals surface area contributed by atoms with Crippen molar-refractivity contribution >= 4 is 17.9 Å². The van der Waals surface area contributed by atoms with Gasteiger partial charge in [-0.15, -0.1) is 0 Å². The van der Waals surface area contributed by atoms with Gasteiger partial charge < -0.3 is 14.2 Å². The van der Waals surface area contributed by atoms with Gasteiger partial charge in [0.25, 0.3) is 0 Å². The summed E-state index contributed by atoms with van der Waals surface area (Å²) in [5.74, 6) is -0.990. The Bertz CT molecular complexity index is 1660. The number of hydrogen-bond acceptors (Lipinski definition) is 6. The van der Waals surface area contributed by atoms with Crippen molar-refractivity contribution in [3.8, 4) is 0 Å². The number of rotatable bonds is 64. The minimum Gasteiger partial charge on any atom is -0.462 e. The summed E-state index contributed by atoms with van der Waals surface area (Å²) in [5.41, 5.74) is 0. The molecule has 6 heteroatoms. The second kappa shape index (κ2) is 70.6. The summed E-state index contributed by atoms with van der Waals surface area (Å²) in [5, 5.41) is 0. The second-order valence-electron chi connectivity index (χ2n) is 23.4.